The van der Waals surface area contributed by atoms with Gasteiger partial charge in [-0.1, -0.05) is 32.9 Å². The van der Waals surface area contributed by atoms with Gasteiger partial charge in [-0.15, -0.1) is 0 Å². The molecule has 2 rings (SSSR count). The van der Waals surface area contributed by atoms with E-state index in [9.17, 15) is 9.59 Å². The molecule has 1 atom stereocenters. The van der Waals surface area contributed by atoms with Crippen LogP contribution in [0.3, 0.4) is 0 Å². The molecule has 0 aromatic heterocycles. The molecule has 4 heteroatoms. The molecule has 1 fully saturated rings. The maximum absolute atomic E-state index is 12.5. The molecule has 1 N–H and O–H groups in total. The van der Waals surface area contributed by atoms with Crippen LogP contribution in [-0.2, 0) is 10.2 Å². The van der Waals surface area contributed by atoms with Crippen molar-refractivity contribution in [3.05, 3.63) is 35.4 Å². The predicted molar refractivity (Wildman–Crippen MR) is 81.4 cm³/mol. The highest BCUT2D eigenvalue weighted by Crippen LogP contribution is 2.23. The quantitative estimate of drug-likeness (QED) is 0.910. The summed E-state index contributed by atoms with van der Waals surface area (Å²) in [6.07, 6.45) is 1.41. The van der Waals surface area contributed by atoms with Crippen LogP contribution in [0, 0.1) is 5.92 Å². The second-order valence-electron chi connectivity index (χ2n) is 6.76. The molecular formula is C17H23NO3. The molecule has 1 aliphatic rings. The minimum absolute atomic E-state index is 0.0567. The first-order chi connectivity index (χ1) is 9.79. The highest BCUT2D eigenvalue weighted by atomic mass is 16.4. The Kier molecular flexibility index (Phi) is 4.35. The van der Waals surface area contributed by atoms with Crippen LogP contribution in [0.15, 0.2) is 24.3 Å². The van der Waals surface area contributed by atoms with E-state index in [-0.39, 0.29) is 11.3 Å². The number of likely N-dealkylation sites (tertiary alicyclic amines) is 1. The van der Waals surface area contributed by atoms with E-state index in [4.69, 9.17) is 5.11 Å². The third-order valence-electron chi connectivity index (χ3n) is 4.06. The Morgan fingerprint density at radius 3 is 2.33 bits per heavy atom. The molecule has 1 aromatic rings. The van der Waals surface area contributed by atoms with E-state index in [2.05, 4.69) is 20.8 Å². The number of carbonyl (C=O) groups is 2. The molecule has 0 saturated carbocycles. The Balaban J connectivity index is 2.11. The van der Waals surface area contributed by atoms with Crippen LogP contribution >= 0.6 is 0 Å². The van der Waals surface area contributed by atoms with E-state index in [1.807, 2.05) is 24.3 Å². The lowest BCUT2D eigenvalue weighted by molar-refractivity contribution is -0.143. The van der Waals surface area contributed by atoms with Crippen molar-refractivity contribution in [3.63, 3.8) is 0 Å². The third-order valence-corrected chi connectivity index (χ3v) is 4.06. The Hall–Kier alpha value is -1.84. The van der Waals surface area contributed by atoms with Gasteiger partial charge >= 0.3 is 5.97 Å². The molecular weight excluding hydrogens is 266 g/mol. The average molecular weight is 289 g/mol. The van der Waals surface area contributed by atoms with E-state index in [0.29, 0.717) is 25.1 Å². The predicted octanol–water partition coefficient (Wildman–Crippen LogP) is 2.92. The number of amides is 1. The molecule has 1 saturated heterocycles. The number of hydrogen-bond donors (Lipinski definition) is 1. The van der Waals surface area contributed by atoms with Gasteiger partial charge in [0.2, 0.25) is 0 Å². The minimum atomic E-state index is -0.810. The van der Waals surface area contributed by atoms with Gasteiger partial charge in [0.25, 0.3) is 5.91 Å². The van der Waals surface area contributed by atoms with Crippen molar-refractivity contribution in [2.45, 2.75) is 39.0 Å². The summed E-state index contributed by atoms with van der Waals surface area (Å²) in [6.45, 7) is 7.35. The Morgan fingerprint density at radius 2 is 1.81 bits per heavy atom. The summed E-state index contributed by atoms with van der Waals surface area (Å²) in [5.41, 5.74) is 1.87. The number of carbonyl (C=O) groups excluding carboxylic acids is 1. The number of hydrogen-bond acceptors (Lipinski definition) is 2. The van der Waals surface area contributed by atoms with Crippen LogP contribution in [-0.4, -0.2) is 35.0 Å². The molecule has 0 radical (unpaired) electrons. The number of aliphatic carboxylic acids is 1. The van der Waals surface area contributed by atoms with Crippen LogP contribution < -0.4 is 0 Å². The molecule has 0 aliphatic carbocycles. The van der Waals surface area contributed by atoms with Gasteiger partial charge in [0, 0.05) is 18.7 Å². The number of benzene rings is 1. The molecule has 0 unspecified atom stereocenters. The number of piperidine rings is 1. The molecule has 21 heavy (non-hydrogen) atoms. The van der Waals surface area contributed by atoms with Gasteiger partial charge in [0.15, 0.2) is 0 Å². The molecule has 4 nitrogen and oxygen atoms in total. The fourth-order valence-electron chi connectivity index (χ4n) is 2.66. The van der Waals surface area contributed by atoms with Gasteiger partial charge in [0.1, 0.15) is 0 Å². The van der Waals surface area contributed by atoms with Crippen LogP contribution in [0.25, 0.3) is 0 Å². The normalized spacial score (nSPS) is 19.4. The van der Waals surface area contributed by atoms with Gasteiger partial charge in [0.05, 0.1) is 5.92 Å². The van der Waals surface area contributed by atoms with E-state index in [0.717, 1.165) is 6.42 Å². The molecule has 1 aromatic carbocycles. The standard InChI is InChI=1S/C17H23NO3/c1-17(2,3)14-8-6-12(7-9-14)15(19)18-10-4-5-13(11-18)16(20)21/h6-9,13H,4-5,10-11H2,1-3H3,(H,20,21)/t13-/m1/s1. The van der Waals surface area contributed by atoms with Gasteiger partial charge in [-0.2, -0.15) is 0 Å². The molecule has 114 valence electrons. The smallest absolute Gasteiger partial charge is 0.308 e. The van der Waals surface area contributed by atoms with Crippen molar-refractivity contribution in [2.75, 3.05) is 13.1 Å². The summed E-state index contributed by atoms with van der Waals surface area (Å²) in [4.78, 5) is 25.2. The summed E-state index contributed by atoms with van der Waals surface area (Å²) in [5, 5.41) is 9.10. The van der Waals surface area contributed by atoms with E-state index in [1.54, 1.807) is 4.90 Å². The SMILES string of the molecule is CC(C)(C)c1ccc(C(=O)N2CCC[C@@H](C(=O)O)C2)cc1. The van der Waals surface area contributed by atoms with Crippen LogP contribution in [0.1, 0.15) is 49.5 Å². The molecule has 0 bridgehead atoms. The molecule has 0 spiro atoms. The first kappa shape index (κ1) is 15.5. The van der Waals surface area contributed by atoms with Gasteiger partial charge in [-0.05, 0) is 36.0 Å². The lowest BCUT2D eigenvalue weighted by atomic mass is 9.86. The summed E-state index contributed by atoms with van der Waals surface area (Å²) in [5.74, 6) is -1.31. The second kappa shape index (κ2) is 5.88. The van der Waals surface area contributed by atoms with Crippen molar-refractivity contribution >= 4 is 11.9 Å². The maximum atomic E-state index is 12.5. The van der Waals surface area contributed by atoms with Gasteiger partial charge < -0.3 is 10.0 Å². The summed E-state index contributed by atoms with van der Waals surface area (Å²) < 4.78 is 0. The van der Waals surface area contributed by atoms with Crippen molar-refractivity contribution in [3.8, 4) is 0 Å². The van der Waals surface area contributed by atoms with Crippen LogP contribution in [0.2, 0.25) is 0 Å². The number of nitrogens with zero attached hydrogens (tertiary/aromatic N) is 1. The van der Waals surface area contributed by atoms with Gasteiger partial charge in [-0.25, -0.2) is 0 Å². The van der Waals surface area contributed by atoms with Crippen molar-refractivity contribution < 1.29 is 14.7 Å². The zero-order chi connectivity index (χ0) is 15.6. The monoisotopic (exact) mass is 289 g/mol. The summed E-state index contributed by atoms with van der Waals surface area (Å²) in [6, 6.07) is 7.64. The number of carboxylic acids is 1. The fraction of sp³-hybridized carbons (Fsp3) is 0.529. The van der Waals surface area contributed by atoms with Crippen molar-refractivity contribution in [1.29, 1.82) is 0 Å². The molecule has 1 aliphatic heterocycles. The Labute approximate surface area is 125 Å². The van der Waals surface area contributed by atoms with E-state index >= 15 is 0 Å². The zero-order valence-corrected chi connectivity index (χ0v) is 12.9. The third kappa shape index (κ3) is 3.63. The van der Waals surface area contributed by atoms with Gasteiger partial charge in [-0.3, -0.25) is 9.59 Å². The van der Waals surface area contributed by atoms with Crippen molar-refractivity contribution in [2.24, 2.45) is 5.92 Å². The van der Waals surface area contributed by atoms with Crippen molar-refractivity contribution in [1.82, 2.24) is 4.90 Å². The maximum Gasteiger partial charge on any atom is 0.308 e. The first-order valence-electron chi connectivity index (χ1n) is 7.41. The molecule has 1 amide bonds. The number of carboxylic acid groups (broad SMARTS) is 1. The van der Waals surface area contributed by atoms with Crippen LogP contribution in [0.4, 0.5) is 0 Å². The van der Waals surface area contributed by atoms with E-state index in [1.165, 1.54) is 5.56 Å². The summed E-state index contributed by atoms with van der Waals surface area (Å²) >= 11 is 0. The molecule has 1 heterocycles. The first-order valence-corrected chi connectivity index (χ1v) is 7.41. The Bertz CT molecular complexity index is 528. The zero-order valence-electron chi connectivity index (χ0n) is 12.9. The fourth-order valence-corrected chi connectivity index (χ4v) is 2.66. The van der Waals surface area contributed by atoms with E-state index < -0.39 is 11.9 Å². The summed E-state index contributed by atoms with van der Waals surface area (Å²) in [7, 11) is 0. The average Bonchev–Trinajstić information content (AvgIpc) is 2.46. The Morgan fingerprint density at radius 1 is 1.19 bits per heavy atom. The second-order valence-corrected chi connectivity index (χ2v) is 6.76. The minimum Gasteiger partial charge on any atom is -0.481 e. The largest absolute Gasteiger partial charge is 0.481 e. The lowest BCUT2D eigenvalue weighted by Crippen LogP contribution is -2.42. The highest BCUT2D eigenvalue weighted by Gasteiger charge is 2.28. The topological polar surface area (TPSA) is 57.6 Å². The van der Waals surface area contributed by atoms with Crippen LogP contribution in [0.5, 0.6) is 0 Å². The lowest BCUT2D eigenvalue weighted by Gasteiger charge is -2.31. The number of rotatable bonds is 2. The highest BCUT2D eigenvalue weighted by molar-refractivity contribution is 5.94.